The Morgan fingerprint density at radius 1 is 1.20 bits per heavy atom. The lowest BCUT2D eigenvalue weighted by Crippen LogP contribution is -2.27. The van der Waals surface area contributed by atoms with Crippen LogP contribution in [0.1, 0.15) is 13.8 Å². The highest BCUT2D eigenvalue weighted by Gasteiger charge is 2.21. The Bertz CT molecular complexity index is 590. The van der Waals surface area contributed by atoms with E-state index < -0.39 is 10.0 Å². The summed E-state index contributed by atoms with van der Waals surface area (Å²) in [6.45, 7) is 4.58. The molecule has 0 aliphatic heterocycles. The summed E-state index contributed by atoms with van der Waals surface area (Å²) in [6.07, 6.45) is 5.14. The largest absolute Gasteiger partial charge is 0.490 e. The summed E-state index contributed by atoms with van der Waals surface area (Å²) in [5, 5.41) is 0. The first-order chi connectivity index (χ1) is 9.47. The Hall–Kier alpha value is -1.71. The predicted molar refractivity (Wildman–Crippen MR) is 77.4 cm³/mol. The van der Waals surface area contributed by atoms with E-state index in [0.29, 0.717) is 24.7 Å². The van der Waals surface area contributed by atoms with E-state index in [4.69, 9.17) is 15.9 Å². The lowest BCUT2D eigenvalue weighted by molar-refractivity contribution is 0.287. The molecule has 6 heteroatoms. The fourth-order valence-electron chi connectivity index (χ4n) is 1.59. The second kappa shape index (κ2) is 7.17. The van der Waals surface area contributed by atoms with Crippen molar-refractivity contribution in [2.45, 2.75) is 18.7 Å². The number of benzene rings is 1. The van der Waals surface area contributed by atoms with Crippen LogP contribution in [0, 0.1) is 12.3 Å². The van der Waals surface area contributed by atoms with Gasteiger partial charge in [0, 0.05) is 13.1 Å². The number of hydrogen-bond donors (Lipinski definition) is 0. The molecule has 1 rings (SSSR count). The van der Waals surface area contributed by atoms with Crippen LogP contribution in [0.3, 0.4) is 0 Å². The Morgan fingerprint density at radius 3 is 2.35 bits per heavy atom. The topological polar surface area (TPSA) is 55.8 Å². The molecule has 0 aliphatic rings. The molecule has 0 aliphatic carbocycles. The Morgan fingerprint density at radius 2 is 1.80 bits per heavy atom. The van der Waals surface area contributed by atoms with E-state index in [9.17, 15) is 8.42 Å². The summed E-state index contributed by atoms with van der Waals surface area (Å²) >= 11 is 0. The molecule has 0 unspecified atom stereocenters. The monoisotopic (exact) mass is 297 g/mol. The second-order valence-corrected chi connectivity index (χ2v) is 5.98. The van der Waals surface area contributed by atoms with E-state index in [1.165, 1.54) is 19.2 Å². The number of hydrogen-bond acceptors (Lipinski definition) is 4. The van der Waals surface area contributed by atoms with Crippen molar-refractivity contribution >= 4 is 10.0 Å². The third-order valence-corrected chi connectivity index (χ3v) is 4.34. The van der Waals surface area contributed by atoms with Gasteiger partial charge in [0.2, 0.25) is 10.0 Å². The molecule has 5 nitrogen and oxygen atoms in total. The van der Waals surface area contributed by atoms with Crippen molar-refractivity contribution in [3.63, 3.8) is 0 Å². The summed E-state index contributed by atoms with van der Waals surface area (Å²) in [5.74, 6) is 3.23. The normalized spacial score (nSPS) is 11.2. The fourth-order valence-corrected chi connectivity index (χ4v) is 2.69. The van der Waals surface area contributed by atoms with E-state index in [1.54, 1.807) is 6.07 Å². The zero-order chi connectivity index (χ0) is 15.2. The van der Waals surface area contributed by atoms with Gasteiger partial charge in [-0.2, -0.15) is 4.31 Å². The summed E-state index contributed by atoms with van der Waals surface area (Å²) in [4.78, 5) is 0.127. The van der Waals surface area contributed by atoms with Crippen molar-refractivity contribution < 1.29 is 17.9 Å². The van der Waals surface area contributed by atoms with Gasteiger partial charge in [-0.1, -0.05) is 5.92 Å². The molecule has 0 radical (unpaired) electrons. The molecule has 0 atom stereocenters. The number of ether oxygens (including phenoxy) is 2. The van der Waals surface area contributed by atoms with Gasteiger partial charge in [0.1, 0.15) is 0 Å². The molecule has 0 N–H and O–H groups in total. The first-order valence-electron chi connectivity index (χ1n) is 6.26. The molecule has 0 spiro atoms. The maximum atomic E-state index is 12.3. The summed E-state index contributed by atoms with van der Waals surface area (Å²) in [5.41, 5.74) is 0. The third kappa shape index (κ3) is 3.65. The maximum absolute atomic E-state index is 12.3. The Kier molecular flexibility index (Phi) is 5.86. The highest BCUT2D eigenvalue weighted by atomic mass is 32.2. The second-order valence-electron chi connectivity index (χ2n) is 3.94. The highest BCUT2D eigenvalue weighted by molar-refractivity contribution is 7.89. The Labute approximate surface area is 120 Å². The average molecular weight is 297 g/mol. The summed E-state index contributed by atoms with van der Waals surface area (Å²) in [7, 11) is -2.18. The van der Waals surface area contributed by atoms with Crippen LogP contribution < -0.4 is 9.47 Å². The molecule has 0 fully saturated rings. The SMILES string of the molecule is C#CCN(C)S(=O)(=O)c1ccc(OCC)c(OCC)c1. The fraction of sp³-hybridized carbons (Fsp3) is 0.429. The molecule has 0 bridgehead atoms. The summed E-state index contributed by atoms with van der Waals surface area (Å²) in [6, 6.07) is 4.53. The minimum absolute atomic E-state index is 0.0134. The standard InChI is InChI=1S/C14H19NO4S/c1-5-10-15(4)20(16,17)12-8-9-13(18-6-2)14(11-12)19-7-3/h1,8-9,11H,6-7,10H2,2-4H3. The van der Waals surface area contributed by atoms with Gasteiger partial charge in [0.25, 0.3) is 0 Å². The van der Waals surface area contributed by atoms with Gasteiger partial charge in [-0.15, -0.1) is 6.42 Å². The molecule has 1 aromatic rings. The van der Waals surface area contributed by atoms with Gasteiger partial charge < -0.3 is 9.47 Å². The maximum Gasteiger partial charge on any atom is 0.243 e. The molecule has 20 heavy (non-hydrogen) atoms. The molecule has 0 amide bonds. The molecule has 0 heterocycles. The van der Waals surface area contributed by atoms with Crippen LogP contribution in [0.2, 0.25) is 0 Å². The third-order valence-electron chi connectivity index (χ3n) is 2.54. The number of nitrogens with zero attached hydrogens (tertiary/aromatic N) is 1. The lowest BCUT2D eigenvalue weighted by Gasteiger charge is -2.16. The number of terminal acetylenes is 1. The van der Waals surface area contributed by atoms with E-state index in [2.05, 4.69) is 5.92 Å². The van der Waals surface area contributed by atoms with Gasteiger partial charge in [0.15, 0.2) is 11.5 Å². The quantitative estimate of drug-likeness (QED) is 0.719. The van der Waals surface area contributed by atoms with Gasteiger partial charge in [0.05, 0.1) is 24.7 Å². The van der Waals surface area contributed by atoms with Crippen LogP contribution in [0.4, 0.5) is 0 Å². The zero-order valence-electron chi connectivity index (χ0n) is 11.9. The van der Waals surface area contributed by atoms with Crippen LogP contribution in [-0.2, 0) is 10.0 Å². The first-order valence-corrected chi connectivity index (χ1v) is 7.70. The van der Waals surface area contributed by atoms with Gasteiger partial charge in [-0.25, -0.2) is 8.42 Å². The van der Waals surface area contributed by atoms with Gasteiger partial charge >= 0.3 is 0 Å². The van der Waals surface area contributed by atoms with Gasteiger partial charge in [-0.3, -0.25) is 0 Å². The van der Waals surface area contributed by atoms with E-state index in [-0.39, 0.29) is 11.4 Å². The molecule has 0 saturated heterocycles. The van der Waals surface area contributed by atoms with Crippen LogP contribution in [0.25, 0.3) is 0 Å². The van der Waals surface area contributed by atoms with E-state index in [1.807, 2.05) is 13.8 Å². The van der Waals surface area contributed by atoms with Crippen LogP contribution in [0.5, 0.6) is 11.5 Å². The number of sulfonamides is 1. The lowest BCUT2D eigenvalue weighted by atomic mass is 10.3. The van der Waals surface area contributed by atoms with Crippen molar-refractivity contribution in [3.05, 3.63) is 18.2 Å². The van der Waals surface area contributed by atoms with Crippen LogP contribution in [-0.4, -0.2) is 39.5 Å². The first kappa shape index (κ1) is 16.3. The highest BCUT2D eigenvalue weighted by Crippen LogP contribution is 2.31. The molecular formula is C14H19NO4S. The van der Waals surface area contributed by atoms with Crippen molar-refractivity contribution in [2.24, 2.45) is 0 Å². The van der Waals surface area contributed by atoms with E-state index in [0.717, 1.165) is 4.31 Å². The van der Waals surface area contributed by atoms with Crippen LogP contribution in [0.15, 0.2) is 23.1 Å². The Balaban J connectivity index is 3.20. The molecule has 110 valence electrons. The van der Waals surface area contributed by atoms with Gasteiger partial charge in [-0.05, 0) is 26.0 Å². The summed E-state index contributed by atoms with van der Waals surface area (Å²) < 4.78 is 36.5. The van der Waals surface area contributed by atoms with Crippen LogP contribution >= 0.6 is 0 Å². The minimum atomic E-state index is -3.62. The number of rotatable bonds is 7. The van der Waals surface area contributed by atoms with E-state index >= 15 is 0 Å². The van der Waals surface area contributed by atoms with Crippen molar-refractivity contribution in [1.29, 1.82) is 0 Å². The predicted octanol–water partition coefficient (Wildman–Crippen LogP) is 1.74. The minimum Gasteiger partial charge on any atom is -0.490 e. The molecular weight excluding hydrogens is 278 g/mol. The molecule has 1 aromatic carbocycles. The van der Waals surface area contributed by atoms with Crippen molar-refractivity contribution in [3.8, 4) is 23.8 Å². The van der Waals surface area contributed by atoms with Crippen molar-refractivity contribution in [2.75, 3.05) is 26.8 Å². The molecule has 0 saturated carbocycles. The molecule has 0 aromatic heterocycles. The average Bonchev–Trinajstić information content (AvgIpc) is 2.41. The zero-order valence-corrected chi connectivity index (χ0v) is 12.7. The smallest absolute Gasteiger partial charge is 0.243 e. The van der Waals surface area contributed by atoms with Crippen molar-refractivity contribution in [1.82, 2.24) is 4.31 Å².